The van der Waals surface area contributed by atoms with Gasteiger partial charge in [-0.3, -0.25) is 5.41 Å². The first-order valence-electron chi connectivity index (χ1n) is 7.68. The molecule has 1 atom stereocenters. The lowest BCUT2D eigenvalue weighted by molar-refractivity contribution is -0.307. The maximum atomic E-state index is 11.6. The van der Waals surface area contributed by atoms with Gasteiger partial charge in [-0.2, -0.15) is 0 Å². The summed E-state index contributed by atoms with van der Waals surface area (Å²) in [5, 5.41) is 21.9. The number of methoxy groups -OCH3 is 1. The van der Waals surface area contributed by atoms with Crippen LogP contribution in [0.1, 0.15) is 24.1 Å². The molecule has 0 aliphatic rings. The van der Waals surface area contributed by atoms with Crippen LogP contribution in [0.5, 0.6) is 11.5 Å². The number of carbonyl (C=O) groups is 1. The molecule has 0 aliphatic carbocycles. The van der Waals surface area contributed by atoms with E-state index >= 15 is 0 Å². The average molecular weight is 379 g/mol. The third-order valence-electron chi connectivity index (χ3n) is 3.56. The van der Waals surface area contributed by atoms with Crippen molar-refractivity contribution in [2.75, 3.05) is 19.0 Å². The summed E-state index contributed by atoms with van der Waals surface area (Å²) < 4.78 is 10.7. The number of hydrogen-bond donors (Lipinski definition) is 3. The molecular formula is C18H21ClN3O4-. The Morgan fingerprint density at radius 2 is 1.88 bits per heavy atom. The highest BCUT2D eigenvalue weighted by Crippen LogP contribution is 2.31. The van der Waals surface area contributed by atoms with Crippen LogP contribution < -0.4 is 25.6 Å². The number of amidine groups is 1. The van der Waals surface area contributed by atoms with Crippen molar-refractivity contribution in [1.29, 1.82) is 5.41 Å². The number of halogens is 1. The van der Waals surface area contributed by atoms with Gasteiger partial charge in [0.25, 0.3) is 0 Å². The molecule has 0 spiro atoms. The maximum Gasteiger partial charge on any atom is 0.161 e. The van der Waals surface area contributed by atoms with Crippen molar-refractivity contribution in [2.24, 2.45) is 5.73 Å². The number of nitrogen functional groups attached to an aromatic ring is 1. The van der Waals surface area contributed by atoms with Crippen LogP contribution in [0, 0.1) is 5.41 Å². The van der Waals surface area contributed by atoms with Crippen LogP contribution in [0.3, 0.4) is 0 Å². The van der Waals surface area contributed by atoms with Crippen molar-refractivity contribution in [3.63, 3.8) is 0 Å². The highest BCUT2D eigenvalue weighted by atomic mass is 35.5. The Balaban J connectivity index is 0.00000338. The summed E-state index contributed by atoms with van der Waals surface area (Å²) >= 11 is 0. The number of benzene rings is 2. The van der Waals surface area contributed by atoms with Crippen molar-refractivity contribution >= 4 is 29.9 Å². The molecule has 0 saturated carbocycles. The molecule has 8 heteroatoms. The first kappa shape index (κ1) is 21.1. The van der Waals surface area contributed by atoms with Gasteiger partial charge in [0.15, 0.2) is 11.5 Å². The standard InChI is InChI=1S/C18H21N3O4.ClH/c1-3-25-15-10-12(6-9-14(15)24-2)16(18(22)23)21-13-7-4-11(5-8-13)17(19)20;/h4-10,16,21H,3H2,1-2H3,(H3,19,20)(H,22,23);1H/p-1. The summed E-state index contributed by atoms with van der Waals surface area (Å²) in [6, 6.07) is 10.4. The number of carboxylic acids is 1. The summed E-state index contributed by atoms with van der Waals surface area (Å²) in [7, 11) is 1.52. The highest BCUT2D eigenvalue weighted by molar-refractivity contribution is 5.95. The van der Waals surface area contributed by atoms with Gasteiger partial charge in [-0.1, -0.05) is 6.07 Å². The van der Waals surface area contributed by atoms with E-state index in [0.717, 1.165) is 0 Å². The zero-order valence-corrected chi connectivity index (χ0v) is 15.3. The molecule has 0 radical (unpaired) electrons. The van der Waals surface area contributed by atoms with Crippen molar-refractivity contribution in [1.82, 2.24) is 0 Å². The molecule has 2 rings (SSSR count). The Hall–Kier alpha value is -2.93. The van der Waals surface area contributed by atoms with E-state index in [9.17, 15) is 9.90 Å². The van der Waals surface area contributed by atoms with E-state index in [0.29, 0.717) is 34.9 Å². The van der Waals surface area contributed by atoms with E-state index in [1.807, 2.05) is 6.92 Å². The van der Waals surface area contributed by atoms with E-state index in [1.54, 1.807) is 42.5 Å². The minimum atomic E-state index is -1.27. The second-order valence-electron chi connectivity index (χ2n) is 5.23. The number of aliphatic carboxylic acids is 1. The van der Waals surface area contributed by atoms with Gasteiger partial charge in [0, 0.05) is 11.3 Å². The van der Waals surface area contributed by atoms with Gasteiger partial charge in [0.05, 0.1) is 25.7 Å². The zero-order chi connectivity index (χ0) is 18.4. The molecule has 26 heavy (non-hydrogen) atoms. The minimum Gasteiger partial charge on any atom is -0.548 e. The molecule has 0 bridgehead atoms. The first-order chi connectivity index (χ1) is 12.0. The predicted molar refractivity (Wildman–Crippen MR) is 100 cm³/mol. The van der Waals surface area contributed by atoms with Gasteiger partial charge >= 0.3 is 0 Å². The van der Waals surface area contributed by atoms with Crippen LogP contribution in [0.15, 0.2) is 42.5 Å². The molecule has 0 heterocycles. The summed E-state index contributed by atoms with van der Waals surface area (Å²) in [5.74, 6) is -0.348. The SMILES string of the molecule is CCOc1cc(C(Nc2ccc(C(=N)N)cc2)C(=O)[O-])ccc1OC.Cl. The topological polar surface area (TPSA) is 120 Å². The van der Waals surface area contributed by atoms with Gasteiger partial charge in [-0.25, -0.2) is 0 Å². The van der Waals surface area contributed by atoms with Gasteiger partial charge in [0.2, 0.25) is 0 Å². The van der Waals surface area contributed by atoms with E-state index in [1.165, 1.54) is 7.11 Å². The van der Waals surface area contributed by atoms with E-state index in [2.05, 4.69) is 5.32 Å². The normalized spacial score (nSPS) is 11.0. The fraction of sp³-hybridized carbons (Fsp3) is 0.222. The molecule has 0 fully saturated rings. The predicted octanol–water partition coefficient (Wildman–Crippen LogP) is 1.70. The Labute approximate surface area is 158 Å². The lowest BCUT2D eigenvalue weighted by Gasteiger charge is -2.22. The van der Waals surface area contributed by atoms with Crippen molar-refractivity contribution in [3.05, 3.63) is 53.6 Å². The minimum absolute atomic E-state index is 0. The molecule has 2 aromatic carbocycles. The number of carboxylic acid groups (broad SMARTS) is 1. The smallest absolute Gasteiger partial charge is 0.161 e. The van der Waals surface area contributed by atoms with Crippen molar-refractivity contribution in [2.45, 2.75) is 13.0 Å². The van der Waals surface area contributed by atoms with Gasteiger partial charge in [-0.15, -0.1) is 12.4 Å². The highest BCUT2D eigenvalue weighted by Gasteiger charge is 2.16. The maximum absolute atomic E-state index is 11.6. The monoisotopic (exact) mass is 378 g/mol. The Bertz CT molecular complexity index is 766. The van der Waals surface area contributed by atoms with Crippen molar-refractivity contribution in [3.8, 4) is 11.5 Å². The number of nitrogens with one attached hydrogen (secondary N) is 2. The molecule has 1 unspecified atom stereocenters. The van der Waals surface area contributed by atoms with Crippen LogP contribution in [0.2, 0.25) is 0 Å². The van der Waals surface area contributed by atoms with Gasteiger partial charge in [-0.05, 0) is 48.9 Å². The average Bonchev–Trinajstić information content (AvgIpc) is 2.60. The van der Waals surface area contributed by atoms with Gasteiger partial charge < -0.3 is 30.4 Å². The van der Waals surface area contributed by atoms with E-state index in [4.69, 9.17) is 20.6 Å². The quantitative estimate of drug-likeness (QED) is 0.475. The molecule has 0 aliphatic heterocycles. The fourth-order valence-corrected chi connectivity index (χ4v) is 2.33. The number of rotatable bonds is 8. The van der Waals surface area contributed by atoms with Crippen LogP contribution in [0.4, 0.5) is 5.69 Å². The number of nitrogens with two attached hydrogens (primary N) is 1. The summed E-state index contributed by atoms with van der Waals surface area (Å²) in [5.41, 5.74) is 7.00. The van der Waals surface area contributed by atoms with Crippen molar-refractivity contribution < 1.29 is 19.4 Å². The molecule has 0 saturated heterocycles. The summed E-state index contributed by atoms with van der Waals surface area (Å²) in [6.07, 6.45) is 0. The zero-order valence-electron chi connectivity index (χ0n) is 14.4. The van der Waals surface area contributed by atoms with Crippen LogP contribution >= 0.6 is 12.4 Å². The lowest BCUT2D eigenvalue weighted by atomic mass is 10.1. The lowest BCUT2D eigenvalue weighted by Crippen LogP contribution is -2.34. The molecular weight excluding hydrogens is 358 g/mol. The van der Waals surface area contributed by atoms with Crippen LogP contribution in [-0.2, 0) is 4.79 Å². The Morgan fingerprint density at radius 1 is 1.23 bits per heavy atom. The Kier molecular flexibility index (Phi) is 7.74. The van der Waals surface area contributed by atoms with E-state index < -0.39 is 12.0 Å². The molecule has 7 nitrogen and oxygen atoms in total. The third-order valence-corrected chi connectivity index (χ3v) is 3.56. The molecule has 0 aromatic heterocycles. The second-order valence-corrected chi connectivity index (χ2v) is 5.23. The molecule has 0 amide bonds. The van der Waals surface area contributed by atoms with E-state index in [-0.39, 0.29) is 18.2 Å². The molecule has 4 N–H and O–H groups in total. The van der Waals surface area contributed by atoms with Crippen LogP contribution in [-0.4, -0.2) is 25.5 Å². The summed E-state index contributed by atoms with van der Waals surface area (Å²) in [6.45, 7) is 2.26. The first-order valence-corrected chi connectivity index (χ1v) is 7.68. The largest absolute Gasteiger partial charge is 0.548 e. The number of anilines is 1. The number of hydrogen-bond acceptors (Lipinski definition) is 6. The molecule has 2 aromatic rings. The molecule has 140 valence electrons. The fourth-order valence-electron chi connectivity index (χ4n) is 2.33. The number of carbonyl (C=O) groups excluding carboxylic acids is 1. The van der Waals surface area contributed by atoms with Crippen LogP contribution in [0.25, 0.3) is 0 Å². The third kappa shape index (κ3) is 5.03. The second kappa shape index (κ2) is 9.53. The number of ether oxygens (including phenoxy) is 2. The Morgan fingerprint density at radius 3 is 2.38 bits per heavy atom. The summed E-state index contributed by atoms with van der Waals surface area (Å²) in [4.78, 5) is 11.6. The van der Waals surface area contributed by atoms with Gasteiger partial charge in [0.1, 0.15) is 5.84 Å².